The maximum absolute atomic E-state index is 4.75. The summed E-state index contributed by atoms with van der Waals surface area (Å²) in [6, 6.07) is 6.30. The summed E-state index contributed by atoms with van der Waals surface area (Å²) >= 11 is 3.50. The van der Waals surface area contributed by atoms with E-state index in [0.717, 1.165) is 22.3 Å². The average Bonchev–Trinajstić information content (AvgIpc) is 2.95. The van der Waals surface area contributed by atoms with Crippen LogP contribution in [0.15, 0.2) is 22.7 Å². The number of nitrogens with one attached hydrogen (secondary N) is 1. The van der Waals surface area contributed by atoms with Gasteiger partial charge in [-0.3, -0.25) is 0 Å². The van der Waals surface area contributed by atoms with Gasteiger partial charge < -0.3 is 9.88 Å². The molecule has 1 unspecified atom stereocenters. The van der Waals surface area contributed by atoms with Crippen LogP contribution in [0.25, 0.3) is 11.0 Å². The molecule has 3 rings (SSSR count). The first-order chi connectivity index (χ1) is 8.74. The van der Waals surface area contributed by atoms with Gasteiger partial charge in [0.1, 0.15) is 5.82 Å². The van der Waals surface area contributed by atoms with E-state index in [1.807, 2.05) is 0 Å². The van der Waals surface area contributed by atoms with Crippen LogP contribution in [0.3, 0.4) is 0 Å². The predicted molar refractivity (Wildman–Crippen MR) is 77.7 cm³/mol. The van der Waals surface area contributed by atoms with Crippen molar-refractivity contribution in [1.29, 1.82) is 0 Å². The van der Waals surface area contributed by atoms with E-state index < -0.39 is 0 Å². The first kappa shape index (κ1) is 12.2. The third kappa shape index (κ3) is 2.31. The molecule has 0 bridgehead atoms. The van der Waals surface area contributed by atoms with Gasteiger partial charge in [-0.2, -0.15) is 0 Å². The number of hydrogen-bond donors (Lipinski definition) is 1. The van der Waals surface area contributed by atoms with Crippen molar-refractivity contribution in [2.24, 2.45) is 13.0 Å². The highest BCUT2D eigenvalue weighted by Crippen LogP contribution is 2.22. The van der Waals surface area contributed by atoms with Gasteiger partial charge in [-0.15, -0.1) is 0 Å². The first-order valence-corrected chi connectivity index (χ1v) is 7.35. The molecule has 3 nitrogen and oxygen atoms in total. The van der Waals surface area contributed by atoms with Crippen molar-refractivity contribution in [2.45, 2.75) is 19.3 Å². The van der Waals surface area contributed by atoms with E-state index in [1.165, 1.54) is 37.3 Å². The predicted octanol–water partition coefficient (Wildman–Crippen LogP) is 2.88. The number of rotatable bonds is 3. The number of hydrogen-bond acceptors (Lipinski definition) is 2. The van der Waals surface area contributed by atoms with Crippen LogP contribution in [-0.4, -0.2) is 22.6 Å². The van der Waals surface area contributed by atoms with Crippen LogP contribution in [-0.2, 0) is 13.5 Å². The Morgan fingerprint density at radius 1 is 1.50 bits per heavy atom. The van der Waals surface area contributed by atoms with Gasteiger partial charge in [0.2, 0.25) is 0 Å². The van der Waals surface area contributed by atoms with E-state index in [1.54, 1.807) is 0 Å². The van der Waals surface area contributed by atoms with Gasteiger partial charge in [-0.25, -0.2) is 4.98 Å². The van der Waals surface area contributed by atoms with Crippen molar-refractivity contribution < 1.29 is 0 Å². The lowest BCUT2D eigenvalue weighted by atomic mass is 10.0. The Kier molecular flexibility index (Phi) is 3.39. The molecule has 96 valence electrons. The Bertz CT molecular complexity index is 555. The summed E-state index contributed by atoms with van der Waals surface area (Å²) in [5, 5.41) is 3.42. The molecule has 2 aromatic rings. The number of aromatic nitrogens is 2. The summed E-state index contributed by atoms with van der Waals surface area (Å²) in [6.07, 6.45) is 3.63. The fourth-order valence-corrected chi connectivity index (χ4v) is 3.09. The zero-order chi connectivity index (χ0) is 12.5. The molecule has 1 aromatic heterocycles. The minimum absolute atomic E-state index is 0.830. The fourth-order valence-electron chi connectivity index (χ4n) is 2.74. The average molecular weight is 308 g/mol. The zero-order valence-electron chi connectivity index (χ0n) is 10.6. The lowest BCUT2D eigenvalue weighted by Gasteiger charge is -2.07. The molecule has 18 heavy (non-hydrogen) atoms. The Hall–Kier alpha value is -0.870. The molecule has 1 fully saturated rings. The molecule has 1 atom stereocenters. The Balaban J connectivity index is 1.80. The topological polar surface area (TPSA) is 29.9 Å². The van der Waals surface area contributed by atoms with Crippen molar-refractivity contribution in [3.05, 3.63) is 28.5 Å². The monoisotopic (exact) mass is 307 g/mol. The minimum atomic E-state index is 0.830. The molecule has 2 heterocycles. The number of imidazole rings is 1. The quantitative estimate of drug-likeness (QED) is 0.945. The highest BCUT2D eigenvalue weighted by atomic mass is 79.9. The molecule has 4 heteroatoms. The second-order valence-corrected chi connectivity index (χ2v) is 6.03. The van der Waals surface area contributed by atoms with E-state index in [4.69, 9.17) is 4.98 Å². The molecule has 1 aliphatic heterocycles. The summed E-state index contributed by atoms with van der Waals surface area (Å²) in [5.41, 5.74) is 2.31. The summed E-state index contributed by atoms with van der Waals surface area (Å²) in [7, 11) is 2.12. The molecule has 1 aliphatic rings. The highest BCUT2D eigenvalue weighted by Gasteiger charge is 2.16. The normalized spacial score (nSPS) is 19.8. The lowest BCUT2D eigenvalue weighted by Crippen LogP contribution is -2.10. The summed E-state index contributed by atoms with van der Waals surface area (Å²) < 4.78 is 3.32. The molecule has 1 aromatic carbocycles. The fraction of sp³-hybridized carbons (Fsp3) is 0.500. The van der Waals surface area contributed by atoms with E-state index >= 15 is 0 Å². The van der Waals surface area contributed by atoms with E-state index in [2.05, 4.69) is 51.1 Å². The number of halogens is 1. The van der Waals surface area contributed by atoms with Crippen LogP contribution in [0.1, 0.15) is 18.7 Å². The molecule has 0 amide bonds. The van der Waals surface area contributed by atoms with Crippen LogP contribution in [0.5, 0.6) is 0 Å². The molecule has 0 aliphatic carbocycles. The molecule has 0 spiro atoms. The van der Waals surface area contributed by atoms with Crippen molar-refractivity contribution in [3.8, 4) is 0 Å². The van der Waals surface area contributed by atoms with Gasteiger partial charge >= 0.3 is 0 Å². The van der Waals surface area contributed by atoms with Gasteiger partial charge in [-0.1, -0.05) is 15.9 Å². The van der Waals surface area contributed by atoms with Gasteiger partial charge in [0, 0.05) is 17.9 Å². The van der Waals surface area contributed by atoms with Crippen molar-refractivity contribution in [3.63, 3.8) is 0 Å². The second kappa shape index (κ2) is 5.02. The lowest BCUT2D eigenvalue weighted by molar-refractivity contribution is 0.520. The van der Waals surface area contributed by atoms with Crippen LogP contribution < -0.4 is 5.32 Å². The molecule has 1 saturated heterocycles. The summed E-state index contributed by atoms with van der Waals surface area (Å²) in [5.74, 6) is 2.03. The minimum Gasteiger partial charge on any atom is -0.331 e. The Labute approximate surface area is 116 Å². The first-order valence-electron chi connectivity index (χ1n) is 6.55. The van der Waals surface area contributed by atoms with E-state index in [9.17, 15) is 0 Å². The third-order valence-corrected chi connectivity index (χ3v) is 4.37. The largest absolute Gasteiger partial charge is 0.331 e. The zero-order valence-corrected chi connectivity index (χ0v) is 12.2. The van der Waals surface area contributed by atoms with E-state index in [0.29, 0.717) is 0 Å². The standard InChI is InChI=1S/C14H18BrN3/c1-18-13-4-3-11(15)8-12(13)17-14(18)5-2-10-6-7-16-9-10/h3-4,8,10,16H,2,5-7,9H2,1H3. The van der Waals surface area contributed by atoms with Gasteiger partial charge in [0.25, 0.3) is 0 Å². The molecular formula is C14H18BrN3. The van der Waals surface area contributed by atoms with Crippen LogP contribution in [0.4, 0.5) is 0 Å². The highest BCUT2D eigenvalue weighted by molar-refractivity contribution is 9.10. The second-order valence-electron chi connectivity index (χ2n) is 5.12. The third-order valence-electron chi connectivity index (χ3n) is 3.87. The number of benzene rings is 1. The number of fused-ring (bicyclic) bond motifs is 1. The van der Waals surface area contributed by atoms with Crippen molar-refractivity contribution >= 4 is 27.0 Å². The SMILES string of the molecule is Cn1c(CCC2CCNC2)nc2cc(Br)ccc21. The van der Waals surface area contributed by atoms with Crippen LogP contribution in [0, 0.1) is 5.92 Å². The Morgan fingerprint density at radius 3 is 3.17 bits per heavy atom. The molecular weight excluding hydrogens is 290 g/mol. The summed E-state index contributed by atoms with van der Waals surface area (Å²) in [6.45, 7) is 2.36. The van der Waals surface area contributed by atoms with Crippen molar-refractivity contribution in [2.75, 3.05) is 13.1 Å². The summed E-state index contributed by atoms with van der Waals surface area (Å²) in [4.78, 5) is 4.75. The number of aryl methyl sites for hydroxylation is 2. The molecule has 0 radical (unpaired) electrons. The van der Waals surface area contributed by atoms with Gasteiger partial charge in [0.05, 0.1) is 11.0 Å². The van der Waals surface area contributed by atoms with E-state index in [-0.39, 0.29) is 0 Å². The van der Waals surface area contributed by atoms with Crippen LogP contribution >= 0.6 is 15.9 Å². The van der Waals surface area contributed by atoms with Crippen LogP contribution in [0.2, 0.25) is 0 Å². The maximum Gasteiger partial charge on any atom is 0.109 e. The number of nitrogens with zero attached hydrogens (tertiary/aromatic N) is 2. The van der Waals surface area contributed by atoms with Gasteiger partial charge in [0.15, 0.2) is 0 Å². The van der Waals surface area contributed by atoms with Gasteiger partial charge in [-0.05, 0) is 50.0 Å². The van der Waals surface area contributed by atoms with Crippen molar-refractivity contribution in [1.82, 2.24) is 14.9 Å². The molecule has 1 N–H and O–H groups in total. The molecule has 0 saturated carbocycles. The maximum atomic E-state index is 4.75. The Morgan fingerprint density at radius 2 is 2.39 bits per heavy atom. The smallest absolute Gasteiger partial charge is 0.109 e.